The van der Waals surface area contributed by atoms with Gasteiger partial charge in [0.25, 0.3) is 47.9 Å². The number of non-ortho nitro benzene ring substituents is 1. The SMILES string of the molecule is O=C(O)c1cc(NC(=O)c2cc(C(=O)O)cc([N+](=O)[O-])c2)cc(C(=O)Nc2ccc(S(=O)(=O)O)c3cc(S(=O)(=O)O)cc(S(=O)(=O)O)c23)c1. The van der Waals surface area contributed by atoms with Gasteiger partial charge in [-0.2, -0.15) is 25.3 Å². The molecule has 23 heteroatoms. The Morgan fingerprint density at radius 2 is 1.10 bits per heavy atom. The highest BCUT2D eigenvalue weighted by Crippen LogP contribution is 2.37. The number of nitrogens with one attached hydrogen (secondary N) is 2. The Morgan fingerprint density at radius 1 is 0.612 bits per heavy atom. The first-order valence-electron chi connectivity index (χ1n) is 12.5. The maximum atomic E-state index is 13.4. The summed E-state index contributed by atoms with van der Waals surface area (Å²) < 4.78 is 101. The molecular weight excluding hydrogens is 722 g/mol. The number of carboxylic acid groups (broad SMARTS) is 2. The van der Waals surface area contributed by atoms with E-state index in [0.29, 0.717) is 18.2 Å². The van der Waals surface area contributed by atoms with Crippen LogP contribution in [-0.2, 0) is 30.4 Å². The first kappa shape index (κ1) is 36.0. The van der Waals surface area contributed by atoms with Gasteiger partial charge in [0.05, 0.1) is 26.6 Å². The summed E-state index contributed by atoms with van der Waals surface area (Å²) in [6.07, 6.45) is 0. The van der Waals surface area contributed by atoms with Crippen molar-refractivity contribution < 1.29 is 73.2 Å². The van der Waals surface area contributed by atoms with Crippen LogP contribution in [0.4, 0.5) is 17.1 Å². The molecule has 0 aromatic heterocycles. The molecule has 0 saturated carbocycles. The molecule has 0 unspecified atom stereocenters. The average molecular weight is 740 g/mol. The Kier molecular flexibility index (Phi) is 9.28. The van der Waals surface area contributed by atoms with Crippen molar-refractivity contribution in [3.63, 3.8) is 0 Å². The normalized spacial score (nSPS) is 11.9. The Bertz CT molecular complexity index is 2460. The zero-order valence-corrected chi connectivity index (χ0v) is 26.0. The fraction of sp³-hybridized carbons (Fsp3) is 0. The number of nitro groups is 1. The molecule has 4 aromatic rings. The minimum atomic E-state index is -5.49. The summed E-state index contributed by atoms with van der Waals surface area (Å²) in [5.74, 6) is -5.74. The second-order valence-electron chi connectivity index (χ2n) is 9.72. The van der Waals surface area contributed by atoms with Crippen molar-refractivity contribution in [2.45, 2.75) is 14.7 Å². The molecule has 0 bridgehead atoms. The average Bonchev–Trinajstić information content (AvgIpc) is 2.98. The lowest BCUT2D eigenvalue weighted by molar-refractivity contribution is -0.384. The molecule has 256 valence electrons. The van der Waals surface area contributed by atoms with E-state index in [1.807, 2.05) is 0 Å². The Labute approximate surface area is 273 Å². The van der Waals surface area contributed by atoms with Gasteiger partial charge in [0.2, 0.25) is 0 Å². The van der Waals surface area contributed by atoms with Gasteiger partial charge in [-0.15, -0.1) is 0 Å². The van der Waals surface area contributed by atoms with Crippen LogP contribution in [0, 0.1) is 10.1 Å². The third-order valence-corrected chi connectivity index (χ3v) is 9.07. The van der Waals surface area contributed by atoms with Crippen LogP contribution >= 0.6 is 0 Å². The summed E-state index contributed by atoms with van der Waals surface area (Å²) in [6.45, 7) is 0. The molecule has 7 N–H and O–H groups in total. The van der Waals surface area contributed by atoms with Crippen molar-refractivity contribution >= 4 is 81.9 Å². The van der Waals surface area contributed by atoms with Crippen LogP contribution in [-0.4, -0.2) is 77.8 Å². The quantitative estimate of drug-likeness (QED) is 0.0697. The molecule has 0 aliphatic heterocycles. The van der Waals surface area contributed by atoms with Gasteiger partial charge in [0.1, 0.15) is 9.79 Å². The van der Waals surface area contributed by atoms with Crippen LogP contribution in [0.5, 0.6) is 0 Å². The van der Waals surface area contributed by atoms with Crippen molar-refractivity contribution in [3.05, 3.63) is 93.0 Å². The van der Waals surface area contributed by atoms with Crippen LogP contribution in [0.3, 0.4) is 0 Å². The van der Waals surface area contributed by atoms with Crippen LogP contribution in [0.15, 0.2) is 75.4 Å². The summed E-state index contributed by atoms with van der Waals surface area (Å²) in [4.78, 5) is 56.0. The first-order valence-corrected chi connectivity index (χ1v) is 16.9. The van der Waals surface area contributed by atoms with Crippen LogP contribution in [0.1, 0.15) is 41.4 Å². The molecule has 0 atom stereocenters. The molecule has 0 radical (unpaired) electrons. The molecule has 4 aromatic carbocycles. The summed E-state index contributed by atoms with van der Waals surface area (Å²) >= 11 is 0. The Morgan fingerprint density at radius 3 is 1.61 bits per heavy atom. The van der Waals surface area contributed by atoms with Gasteiger partial charge in [0.15, 0.2) is 0 Å². The van der Waals surface area contributed by atoms with E-state index < -0.39 is 124 Å². The van der Waals surface area contributed by atoms with Gasteiger partial charge >= 0.3 is 11.9 Å². The number of amides is 2. The number of benzene rings is 4. The van der Waals surface area contributed by atoms with Crippen molar-refractivity contribution in [3.8, 4) is 0 Å². The number of anilines is 2. The maximum Gasteiger partial charge on any atom is 0.335 e. The van der Waals surface area contributed by atoms with Gasteiger partial charge in [-0.05, 0) is 48.5 Å². The number of carbonyl (C=O) groups excluding carboxylic acids is 2. The predicted octanol–water partition coefficient (Wildman–Crippen LogP) is 2.39. The van der Waals surface area contributed by atoms with E-state index in [1.165, 1.54) is 0 Å². The lowest BCUT2D eigenvalue weighted by Gasteiger charge is -2.15. The molecule has 0 fully saturated rings. The first-order chi connectivity index (χ1) is 22.5. The minimum Gasteiger partial charge on any atom is -0.478 e. The largest absolute Gasteiger partial charge is 0.478 e. The number of aromatic carboxylic acids is 2. The number of nitro benzene ring substituents is 1. The van der Waals surface area contributed by atoms with E-state index in [1.54, 1.807) is 0 Å². The van der Waals surface area contributed by atoms with Gasteiger partial charge in [-0.3, -0.25) is 33.4 Å². The minimum absolute atomic E-state index is 0.221. The number of hydrogen-bond donors (Lipinski definition) is 7. The zero-order chi connectivity index (χ0) is 36.8. The van der Waals surface area contributed by atoms with Crippen molar-refractivity contribution in [2.24, 2.45) is 0 Å². The number of hydrogen-bond acceptors (Lipinski definition) is 12. The van der Waals surface area contributed by atoms with Crippen molar-refractivity contribution in [1.82, 2.24) is 0 Å². The highest BCUT2D eigenvalue weighted by Gasteiger charge is 2.28. The Balaban J connectivity index is 1.86. The monoisotopic (exact) mass is 739 g/mol. The maximum absolute atomic E-state index is 13.4. The second-order valence-corrected chi connectivity index (χ2v) is 13.9. The van der Waals surface area contributed by atoms with E-state index >= 15 is 0 Å². The topological polar surface area (TPSA) is 339 Å². The van der Waals surface area contributed by atoms with Crippen molar-refractivity contribution in [1.29, 1.82) is 0 Å². The Hall–Kier alpha value is -5.85. The van der Waals surface area contributed by atoms with Crippen LogP contribution < -0.4 is 10.6 Å². The van der Waals surface area contributed by atoms with Crippen LogP contribution in [0.2, 0.25) is 0 Å². The van der Waals surface area contributed by atoms with E-state index in [9.17, 15) is 78.4 Å². The molecule has 0 heterocycles. The lowest BCUT2D eigenvalue weighted by atomic mass is 10.1. The lowest BCUT2D eigenvalue weighted by Crippen LogP contribution is -2.17. The smallest absolute Gasteiger partial charge is 0.335 e. The molecule has 49 heavy (non-hydrogen) atoms. The van der Waals surface area contributed by atoms with E-state index in [2.05, 4.69) is 10.6 Å². The van der Waals surface area contributed by atoms with Crippen LogP contribution in [0.25, 0.3) is 10.8 Å². The van der Waals surface area contributed by atoms with E-state index in [0.717, 1.165) is 36.4 Å². The van der Waals surface area contributed by atoms with Crippen molar-refractivity contribution in [2.75, 3.05) is 10.6 Å². The second kappa shape index (κ2) is 12.6. The molecule has 4 rings (SSSR count). The third-order valence-electron chi connectivity index (χ3n) is 6.45. The standard InChI is InChI=1S/C26H17N3O17S3/c30-23(12-4-14(26(34)35)8-16(7-12)29(36)37)27-15-5-11(3-13(6-15)25(32)33)24(31)28-19-1-2-20(48(41,42)43)18-9-17(47(38,39)40)10-21(22(18)19)49(44,45)46/h1-10H,(H,27,30)(H,28,31)(H,32,33)(H,34,35)(H,38,39,40)(H,41,42,43)(H,44,45,46). The fourth-order valence-corrected chi connectivity index (χ4v) is 6.44. The van der Waals surface area contributed by atoms with E-state index in [-0.39, 0.29) is 6.07 Å². The summed E-state index contributed by atoms with van der Waals surface area (Å²) in [6, 6.07) is 6.60. The molecule has 0 spiro atoms. The molecule has 0 saturated heterocycles. The highest BCUT2D eigenvalue weighted by atomic mass is 32.2. The fourth-order valence-electron chi connectivity index (χ4n) is 4.40. The van der Waals surface area contributed by atoms with Gasteiger partial charge in [0, 0.05) is 39.7 Å². The summed E-state index contributed by atoms with van der Waals surface area (Å²) in [7, 11) is -16.0. The molecule has 20 nitrogen and oxygen atoms in total. The summed E-state index contributed by atoms with van der Waals surface area (Å²) in [5, 5.41) is 32.5. The van der Waals surface area contributed by atoms with Gasteiger partial charge in [-0.25, -0.2) is 9.59 Å². The number of fused-ring (bicyclic) bond motifs is 1. The number of carboxylic acids is 2. The summed E-state index contributed by atoms with van der Waals surface area (Å²) in [5.41, 5.74) is -4.28. The molecular formula is C26H17N3O17S3. The number of nitrogens with zero attached hydrogens (tertiary/aromatic N) is 1. The third kappa shape index (κ3) is 7.83. The highest BCUT2D eigenvalue weighted by molar-refractivity contribution is 7.87. The molecule has 0 aliphatic carbocycles. The zero-order valence-electron chi connectivity index (χ0n) is 23.6. The predicted molar refractivity (Wildman–Crippen MR) is 163 cm³/mol. The van der Waals surface area contributed by atoms with Gasteiger partial charge < -0.3 is 20.8 Å². The molecule has 0 aliphatic rings. The number of carbonyl (C=O) groups is 4. The van der Waals surface area contributed by atoms with Gasteiger partial charge in [-0.1, -0.05) is 0 Å². The number of rotatable bonds is 10. The van der Waals surface area contributed by atoms with E-state index in [4.69, 9.17) is 0 Å². The molecule has 2 amide bonds.